The number of anilines is 1. The normalized spacial score (nSPS) is 21.0. The maximum Gasteiger partial charge on any atom is 0.417 e. The van der Waals surface area contributed by atoms with Crippen molar-refractivity contribution < 1.29 is 13.2 Å². The van der Waals surface area contributed by atoms with Gasteiger partial charge in [-0.05, 0) is 30.9 Å². The molecule has 8 heteroatoms. The van der Waals surface area contributed by atoms with Crippen LogP contribution < -0.4 is 16.0 Å². The monoisotopic (exact) mass is 329 g/mol. The summed E-state index contributed by atoms with van der Waals surface area (Å²) in [6.45, 7) is 3.52. The summed E-state index contributed by atoms with van der Waals surface area (Å²) in [5.41, 5.74) is -0.742. The molecule has 0 spiro atoms. The van der Waals surface area contributed by atoms with Gasteiger partial charge in [-0.1, -0.05) is 6.92 Å². The van der Waals surface area contributed by atoms with Crippen LogP contribution in [0.5, 0.6) is 0 Å². The number of alkyl halides is 3. The van der Waals surface area contributed by atoms with Crippen LogP contribution in [0.1, 0.15) is 25.3 Å². The molecule has 0 aromatic carbocycles. The molecular weight excluding hydrogens is 307 g/mol. The molecule has 2 unspecified atom stereocenters. The van der Waals surface area contributed by atoms with E-state index in [9.17, 15) is 13.2 Å². The van der Waals surface area contributed by atoms with E-state index in [1.165, 1.54) is 12.5 Å². The van der Waals surface area contributed by atoms with Crippen molar-refractivity contribution in [2.75, 3.05) is 25.5 Å². The molecule has 1 fully saturated rings. The highest BCUT2D eigenvalue weighted by Gasteiger charge is 2.33. The molecule has 1 saturated carbocycles. The van der Waals surface area contributed by atoms with Crippen LogP contribution in [-0.2, 0) is 6.18 Å². The lowest BCUT2D eigenvalue weighted by molar-refractivity contribution is -0.137. The lowest BCUT2D eigenvalue weighted by atomic mass is 10.3. The zero-order valence-corrected chi connectivity index (χ0v) is 13.2. The van der Waals surface area contributed by atoms with Gasteiger partial charge in [-0.2, -0.15) is 13.2 Å². The largest absolute Gasteiger partial charge is 0.417 e. The van der Waals surface area contributed by atoms with Crippen molar-refractivity contribution in [1.29, 1.82) is 0 Å². The van der Waals surface area contributed by atoms with Crippen LogP contribution in [0.4, 0.5) is 19.0 Å². The average molecular weight is 329 g/mol. The quantitative estimate of drug-likeness (QED) is 0.426. The van der Waals surface area contributed by atoms with Gasteiger partial charge in [-0.25, -0.2) is 4.98 Å². The number of nitrogens with one attached hydrogen (secondary N) is 3. The first-order valence-corrected chi connectivity index (χ1v) is 7.64. The number of hydrogen-bond acceptors (Lipinski definition) is 3. The van der Waals surface area contributed by atoms with Gasteiger partial charge >= 0.3 is 6.18 Å². The van der Waals surface area contributed by atoms with E-state index in [1.807, 2.05) is 0 Å². The molecule has 0 radical (unpaired) electrons. The molecule has 1 aliphatic rings. The van der Waals surface area contributed by atoms with Crippen LogP contribution in [0, 0.1) is 5.92 Å². The van der Waals surface area contributed by atoms with Crippen LogP contribution in [-0.4, -0.2) is 37.1 Å². The Morgan fingerprint density at radius 1 is 1.35 bits per heavy atom. The van der Waals surface area contributed by atoms with Crippen LogP contribution in [0.25, 0.3) is 0 Å². The minimum atomic E-state index is -4.35. The van der Waals surface area contributed by atoms with E-state index in [0.717, 1.165) is 24.6 Å². The number of aliphatic imine (C=N–C) groups is 1. The van der Waals surface area contributed by atoms with Crippen LogP contribution >= 0.6 is 0 Å². The van der Waals surface area contributed by atoms with Gasteiger partial charge in [0, 0.05) is 32.4 Å². The Bertz CT molecular complexity index is 527. The molecule has 2 rings (SSSR count). The molecule has 0 bridgehead atoms. The molecule has 1 aromatic heterocycles. The first-order chi connectivity index (χ1) is 10.9. The van der Waals surface area contributed by atoms with Gasteiger partial charge < -0.3 is 16.0 Å². The predicted octanol–water partition coefficient (Wildman–Crippen LogP) is 2.48. The molecule has 1 heterocycles. The van der Waals surface area contributed by atoms with E-state index in [2.05, 4.69) is 32.9 Å². The second kappa shape index (κ2) is 7.52. The predicted molar refractivity (Wildman–Crippen MR) is 84.4 cm³/mol. The third-order valence-corrected chi connectivity index (χ3v) is 3.70. The summed E-state index contributed by atoms with van der Waals surface area (Å²) < 4.78 is 37.2. The number of aromatic nitrogens is 1. The SMILES string of the molecule is CN=C(NCCCNc1ccc(C(F)(F)F)cn1)NC1CC1C. The summed E-state index contributed by atoms with van der Waals surface area (Å²) >= 11 is 0. The van der Waals surface area contributed by atoms with Crippen LogP contribution in [0.2, 0.25) is 0 Å². The lowest BCUT2D eigenvalue weighted by Crippen LogP contribution is -2.39. The minimum absolute atomic E-state index is 0.437. The standard InChI is InChI=1S/C15H22F3N5/c1-10-8-12(10)23-14(19-2)21-7-3-6-20-13-5-4-11(9-22-13)15(16,17)18/h4-5,9-10,12H,3,6-8H2,1-2H3,(H,20,22)(H2,19,21,23). The zero-order valence-electron chi connectivity index (χ0n) is 13.2. The Balaban J connectivity index is 1.63. The van der Waals surface area contributed by atoms with Gasteiger partial charge in [-0.3, -0.25) is 4.99 Å². The van der Waals surface area contributed by atoms with E-state index in [0.29, 0.717) is 30.9 Å². The number of rotatable bonds is 6. The van der Waals surface area contributed by atoms with Gasteiger partial charge in [0.25, 0.3) is 0 Å². The number of guanidine groups is 1. The van der Waals surface area contributed by atoms with E-state index in [4.69, 9.17) is 0 Å². The molecule has 128 valence electrons. The molecule has 0 amide bonds. The Hall–Kier alpha value is -1.99. The van der Waals surface area contributed by atoms with Crippen molar-refractivity contribution in [2.45, 2.75) is 32.0 Å². The highest BCUT2D eigenvalue weighted by atomic mass is 19.4. The van der Waals surface area contributed by atoms with Crippen molar-refractivity contribution in [3.8, 4) is 0 Å². The third-order valence-electron chi connectivity index (χ3n) is 3.70. The minimum Gasteiger partial charge on any atom is -0.370 e. The molecule has 5 nitrogen and oxygen atoms in total. The van der Waals surface area contributed by atoms with Gasteiger partial charge in [0.05, 0.1) is 5.56 Å². The highest BCUT2D eigenvalue weighted by molar-refractivity contribution is 5.80. The first kappa shape index (κ1) is 17.4. The summed E-state index contributed by atoms with van der Waals surface area (Å²) in [7, 11) is 1.73. The molecule has 0 saturated heterocycles. The molecular formula is C15H22F3N5. The second-order valence-electron chi connectivity index (χ2n) is 5.67. The summed E-state index contributed by atoms with van der Waals surface area (Å²) in [5, 5.41) is 9.52. The Kier molecular flexibility index (Phi) is 5.68. The Morgan fingerprint density at radius 3 is 2.61 bits per heavy atom. The maximum absolute atomic E-state index is 12.4. The lowest BCUT2D eigenvalue weighted by Gasteiger charge is -2.12. The van der Waals surface area contributed by atoms with Crippen molar-refractivity contribution in [1.82, 2.24) is 15.6 Å². The van der Waals surface area contributed by atoms with E-state index < -0.39 is 11.7 Å². The van der Waals surface area contributed by atoms with Crippen molar-refractivity contribution in [3.63, 3.8) is 0 Å². The fourth-order valence-corrected chi connectivity index (χ4v) is 2.07. The van der Waals surface area contributed by atoms with Gasteiger partial charge in [0.2, 0.25) is 0 Å². The smallest absolute Gasteiger partial charge is 0.370 e. The van der Waals surface area contributed by atoms with E-state index in [1.54, 1.807) is 7.05 Å². The summed E-state index contributed by atoms with van der Waals surface area (Å²) in [6.07, 6.45) is -1.55. The van der Waals surface area contributed by atoms with Crippen molar-refractivity contribution in [2.24, 2.45) is 10.9 Å². The molecule has 0 aliphatic heterocycles. The van der Waals surface area contributed by atoms with E-state index in [-0.39, 0.29) is 0 Å². The highest BCUT2D eigenvalue weighted by Crippen LogP contribution is 2.29. The molecule has 2 atom stereocenters. The number of nitrogens with zero attached hydrogens (tertiary/aromatic N) is 2. The van der Waals surface area contributed by atoms with E-state index >= 15 is 0 Å². The average Bonchev–Trinajstić information content (AvgIpc) is 3.20. The topological polar surface area (TPSA) is 61.3 Å². The fraction of sp³-hybridized carbons (Fsp3) is 0.600. The third kappa shape index (κ3) is 5.61. The second-order valence-corrected chi connectivity index (χ2v) is 5.67. The number of pyridine rings is 1. The summed E-state index contributed by atoms with van der Waals surface area (Å²) in [4.78, 5) is 7.91. The fourth-order valence-electron chi connectivity index (χ4n) is 2.07. The maximum atomic E-state index is 12.4. The Labute approximate surface area is 133 Å². The number of hydrogen-bond donors (Lipinski definition) is 3. The van der Waals surface area contributed by atoms with Crippen LogP contribution in [0.3, 0.4) is 0 Å². The molecule has 3 N–H and O–H groups in total. The molecule has 1 aromatic rings. The van der Waals surface area contributed by atoms with Crippen molar-refractivity contribution in [3.05, 3.63) is 23.9 Å². The Morgan fingerprint density at radius 2 is 2.09 bits per heavy atom. The van der Waals surface area contributed by atoms with Gasteiger partial charge in [-0.15, -0.1) is 0 Å². The van der Waals surface area contributed by atoms with Gasteiger partial charge in [0.15, 0.2) is 5.96 Å². The van der Waals surface area contributed by atoms with Gasteiger partial charge in [0.1, 0.15) is 5.82 Å². The summed E-state index contributed by atoms with van der Waals surface area (Å²) in [5.74, 6) is 1.92. The zero-order chi connectivity index (χ0) is 16.9. The molecule has 1 aliphatic carbocycles. The molecule has 23 heavy (non-hydrogen) atoms. The number of halogens is 3. The van der Waals surface area contributed by atoms with Crippen molar-refractivity contribution >= 4 is 11.8 Å². The first-order valence-electron chi connectivity index (χ1n) is 7.64. The summed E-state index contributed by atoms with van der Waals surface area (Å²) in [6, 6.07) is 2.87. The van der Waals surface area contributed by atoms with Crippen LogP contribution in [0.15, 0.2) is 23.3 Å².